The molecule has 4 aromatic rings. The van der Waals surface area contributed by atoms with Gasteiger partial charge in [-0.3, -0.25) is 0 Å². The first-order chi connectivity index (χ1) is 16.2. The van der Waals surface area contributed by atoms with Crippen LogP contribution in [0.25, 0.3) is 22.1 Å². The average Bonchev–Trinajstić information content (AvgIpc) is 2.82. The first-order valence-electron chi connectivity index (χ1n) is 10.2. The smallest absolute Gasteiger partial charge is 0.416 e. The maximum Gasteiger partial charge on any atom is 0.416 e. The molecule has 2 heterocycles. The van der Waals surface area contributed by atoms with Crippen LogP contribution in [0.5, 0.6) is 11.5 Å². The number of rotatable bonds is 3. The van der Waals surface area contributed by atoms with Crippen LogP contribution in [0.3, 0.4) is 0 Å². The minimum absolute atomic E-state index is 0.0533. The van der Waals surface area contributed by atoms with Crippen LogP contribution in [0.1, 0.15) is 11.1 Å². The molecular weight excluding hydrogens is 471 g/mol. The van der Waals surface area contributed by atoms with Crippen molar-refractivity contribution >= 4 is 28.3 Å². The molecule has 34 heavy (non-hydrogen) atoms. The summed E-state index contributed by atoms with van der Waals surface area (Å²) in [7, 11) is 1.57. The monoisotopic (exact) mass is 487 g/mol. The van der Waals surface area contributed by atoms with Gasteiger partial charge in [-0.1, -0.05) is 23.7 Å². The first kappa shape index (κ1) is 22.2. The highest BCUT2D eigenvalue weighted by Crippen LogP contribution is 2.40. The summed E-state index contributed by atoms with van der Waals surface area (Å²) in [6.45, 7) is 0.304. The highest BCUT2D eigenvalue weighted by atomic mass is 35.5. The lowest BCUT2D eigenvalue weighted by molar-refractivity contribution is -0.137. The third kappa shape index (κ3) is 3.94. The molecule has 3 aromatic carbocycles. The van der Waals surface area contributed by atoms with Gasteiger partial charge < -0.3 is 18.8 Å². The van der Waals surface area contributed by atoms with Gasteiger partial charge in [-0.05, 0) is 53.6 Å². The normalized spacial score (nSPS) is 13.5. The molecule has 0 aliphatic carbocycles. The molecule has 0 N–H and O–H groups in total. The van der Waals surface area contributed by atoms with Crippen LogP contribution in [0.2, 0.25) is 5.02 Å². The number of halogens is 4. The molecule has 9 heteroatoms. The second-order valence-corrected chi connectivity index (χ2v) is 8.17. The van der Waals surface area contributed by atoms with E-state index in [1.54, 1.807) is 30.2 Å². The maximum atomic E-state index is 13.0. The Bertz CT molecular complexity index is 1450. The number of benzene rings is 3. The van der Waals surface area contributed by atoms with E-state index < -0.39 is 17.4 Å². The largest absolute Gasteiger partial charge is 0.497 e. The molecule has 1 aliphatic rings. The van der Waals surface area contributed by atoms with Crippen molar-refractivity contribution in [2.45, 2.75) is 12.7 Å². The predicted octanol–water partition coefficient (Wildman–Crippen LogP) is 6.50. The third-order valence-corrected chi connectivity index (χ3v) is 6.02. The molecule has 1 aliphatic heterocycles. The predicted molar refractivity (Wildman–Crippen MR) is 123 cm³/mol. The minimum atomic E-state index is -4.50. The standard InChI is InChI=1S/C25H17ClF3NO4/c1-32-16-5-2-14(3-6-16)18-11-23(31)34-24-17(18)7-9-22-19(24)12-30(13-33-22)21-8-4-15(10-20(21)26)25(27,28)29/h2-11H,12-13H2,1H3. The summed E-state index contributed by atoms with van der Waals surface area (Å²) in [6, 6.07) is 15.5. The van der Waals surface area contributed by atoms with Gasteiger partial charge in [-0.25, -0.2) is 4.79 Å². The molecule has 5 nitrogen and oxygen atoms in total. The second-order valence-electron chi connectivity index (χ2n) is 7.76. The molecule has 0 unspecified atom stereocenters. The Kier molecular flexibility index (Phi) is 5.40. The SMILES string of the molecule is COc1ccc(-c2cc(=O)oc3c4c(ccc23)OCN(c2ccc(C(F)(F)F)cc2Cl)C4)cc1. The van der Waals surface area contributed by atoms with E-state index in [4.69, 9.17) is 25.5 Å². The van der Waals surface area contributed by atoms with Gasteiger partial charge in [-0.15, -0.1) is 0 Å². The third-order valence-electron chi connectivity index (χ3n) is 5.71. The van der Waals surface area contributed by atoms with Gasteiger partial charge in [0.25, 0.3) is 0 Å². The van der Waals surface area contributed by atoms with Crippen molar-refractivity contribution in [1.29, 1.82) is 0 Å². The number of hydrogen-bond donors (Lipinski definition) is 0. The quantitative estimate of drug-likeness (QED) is 0.309. The Morgan fingerprint density at radius 3 is 2.47 bits per heavy atom. The lowest BCUT2D eigenvalue weighted by Crippen LogP contribution is -2.32. The average molecular weight is 488 g/mol. The fraction of sp³-hybridized carbons (Fsp3) is 0.160. The fourth-order valence-corrected chi connectivity index (χ4v) is 4.34. The molecule has 0 saturated heterocycles. The Morgan fingerprint density at radius 2 is 1.79 bits per heavy atom. The molecule has 0 spiro atoms. The van der Waals surface area contributed by atoms with E-state index in [2.05, 4.69) is 0 Å². The van der Waals surface area contributed by atoms with Crippen LogP contribution >= 0.6 is 11.6 Å². The zero-order chi connectivity index (χ0) is 24.0. The van der Waals surface area contributed by atoms with Gasteiger partial charge in [0.1, 0.15) is 17.1 Å². The van der Waals surface area contributed by atoms with Crippen molar-refractivity contribution < 1.29 is 27.1 Å². The zero-order valence-electron chi connectivity index (χ0n) is 17.8. The van der Waals surface area contributed by atoms with Gasteiger partial charge in [0.05, 0.1) is 35.5 Å². The lowest BCUT2D eigenvalue weighted by Gasteiger charge is -2.31. The summed E-state index contributed by atoms with van der Waals surface area (Å²) in [6.07, 6.45) is -4.50. The summed E-state index contributed by atoms with van der Waals surface area (Å²) >= 11 is 6.19. The number of nitrogens with zero attached hydrogens (tertiary/aromatic N) is 1. The van der Waals surface area contributed by atoms with Crippen LogP contribution in [0.15, 0.2) is 69.9 Å². The van der Waals surface area contributed by atoms with Gasteiger partial charge >= 0.3 is 11.8 Å². The van der Waals surface area contributed by atoms with Crippen molar-refractivity contribution in [3.8, 4) is 22.6 Å². The summed E-state index contributed by atoms with van der Waals surface area (Å²) < 4.78 is 55.7. The van der Waals surface area contributed by atoms with Crippen LogP contribution < -0.4 is 20.0 Å². The first-order valence-corrected chi connectivity index (χ1v) is 10.6. The molecule has 0 fully saturated rings. The molecule has 1 aromatic heterocycles. The maximum absolute atomic E-state index is 13.0. The van der Waals surface area contributed by atoms with E-state index in [9.17, 15) is 18.0 Å². The Balaban J connectivity index is 1.58. The Labute approximate surface area is 196 Å². The van der Waals surface area contributed by atoms with E-state index in [0.717, 1.165) is 17.7 Å². The fourth-order valence-electron chi connectivity index (χ4n) is 4.04. The van der Waals surface area contributed by atoms with Crippen molar-refractivity contribution in [3.63, 3.8) is 0 Å². The molecule has 174 valence electrons. The van der Waals surface area contributed by atoms with Crippen LogP contribution in [-0.2, 0) is 12.7 Å². The van der Waals surface area contributed by atoms with Crippen LogP contribution in [0, 0.1) is 0 Å². The van der Waals surface area contributed by atoms with Gasteiger partial charge in [-0.2, -0.15) is 13.2 Å². The molecule has 5 rings (SSSR count). The molecular formula is C25H17ClF3NO4. The second kappa shape index (κ2) is 8.29. The van der Waals surface area contributed by atoms with Crippen molar-refractivity contribution in [2.24, 2.45) is 0 Å². The molecule has 0 atom stereocenters. The van der Waals surface area contributed by atoms with Crippen LogP contribution in [-0.4, -0.2) is 13.8 Å². The Morgan fingerprint density at radius 1 is 1.03 bits per heavy atom. The Hall–Kier alpha value is -3.65. The number of hydrogen-bond acceptors (Lipinski definition) is 5. The molecule has 0 radical (unpaired) electrons. The van der Waals surface area contributed by atoms with E-state index >= 15 is 0 Å². The van der Waals surface area contributed by atoms with E-state index in [1.807, 2.05) is 18.2 Å². The van der Waals surface area contributed by atoms with Crippen LogP contribution in [0.4, 0.5) is 18.9 Å². The number of fused-ring (bicyclic) bond motifs is 3. The van der Waals surface area contributed by atoms with Gasteiger partial charge in [0.15, 0.2) is 6.73 Å². The topological polar surface area (TPSA) is 51.9 Å². The number of alkyl halides is 3. The number of methoxy groups -OCH3 is 1. The van der Waals surface area contributed by atoms with E-state index in [-0.39, 0.29) is 18.3 Å². The van der Waals surface area contributed by atoms with Gasteiger partial charge in [0.2, 0.25) is 0 Å². The molecule has 0 saturated carbocycles. The molecule has 0 bridgehead atoms. The van der Waals surface area contributed by atoms with E-state index in [0.29, 0.717) is 39.3 Å². The highest BCUT2D eigenvalue weighted by Gasteiger charge is 2.32. The highest BCUT2D eigenvalue weighted by molar-refractivity contribution is 6.33. The number of ether oxygens (including phenoxy) is 2. The van der Waals surface area contributed by atoms with Gasteiger partial charge in [0, 0.05) is 11.5 Å². The van der Waals surface area contributed by atoms with Crippen molar-refractivity contribution in [2.75, 3.05) is 18.7 Å². The summed E-state index contributed by atoms with van der Waals surface area (Å²) in [5.74, 6) is 1.22. The van der Waals surface area contributed by atoms with Crippen molar-refractivity contribution in [1.82, 2.24) is 0 Å². The summed E-state index contributed by atoms with van der Waals surface area (Å²) in [4.78, 5) is 14.1. The van der Waals surface area contributed by atoms with Crippen molar-refractivity contribution in [3.05, 3.63) is 87.2 Å². The van der Waals surface area contributed by atoms with E-state index in [1.165, 1.54) is 12.1 Å². The summed E-state index contributed by atoms with van der Waals surface area (Å²) in [5, 5.41) is 0.648. The summed E-state index contributed by atoms with van der Waals surface area (Å²) in [5.41, 5.74) is 1.46. The minimum Gasteiger partial charge on any atom is -0.497 e. The molecule has 0 amide bonds. The zero-order valence-corrected chi connectivity index (χ0v) is 18.5. The number of anilines is 1. The lowest BCUT2D eigenvalue weighted by atomic mass is 9.99.